The van der Waals surface area contributed by atoms with Crippen molar-refractivity contribution >= 4 is 16.3 Å². The Kier molecular flexibility index (Phi) is 2.22. The molecule has 2 heterocycles. The SMILES string of the molecule is Cc1nnc2sc(C(N)C(C)O)nn12. The van der Waals surface area contributed by atoms with Gasteiger partial charge in [0.05, 0.1) is 12.1 Å². The Hall–Kier alpha value is -1.05. The fraction of sp³-hybridized carbons (Fsp3) is 0.571. The highest BCUT2D eigenvalue weighted by atomic mass is 32.1. The van der Waals surface area contributed by atoms with Crippen LogP contribution in [0.5, 0.6) is 0 Å². The molecule has 0 aliphatic carbocycles. The van der Waals surface area contributed by atoms with Gasteiger partial charge in [-0.3, -0.25) is 0 Å². The lowest BCUT2D eigenvalue weighted by atomic mass is 10.2. The van der Waals surface area contributed by atoms with Crippen LogP contribution >= 0.6 is 11.3 Å². The van der Waals surface area contributed by atoms with E-state index >= 15 is 0 Å². The second-order valence-electron chi connectivity index (χ2n) is 3.15. The maximum atomic E-state index is 9.30. The summed E-state index contributed by atoms with van der Waals surface area (Å²) in [6, 6.07) is -0.457. The summed E-state index contributed by atoms with van der Waals surface area (Å²) in [5.74, 6) is 0.722. The fourth-order valence-electron chi connectivity index (χ4n) is 1.07. The zero-order valence-electron chi connectivity index (χ0n) is 7.88. The van der Waals surface area contributed by atoms with Crippen molar-refractivity contribution in [1.82, 2.24) is 19.8 Å². The van der Waals surface area contributed by atoms with E-state index in [-0.39, 0.29) is 0 Å². The van der Waals surface area contributed by atoms with Gasteiger partial charge in [0, 0.05) is 0 Å². The highest BCUT2D eigenvalue weighted by Gasteiger charge is 2.18. The van der Waals surface area contributed by atoms with Gasteiger partial charge in [-0.15, -0.1) is 10.2 Å². The maximum Gasteiger partial charge on any atom is 0.234 e. The van der Waals surface area contributed by atoms with Gasteiger partial charge in [0.1, 0.15) is 5.01 Å². The molecule has 0 amide bonds. The molecule has 0 aliphatic rings. The smallest absolute Gasteiger partial charge is 0.234 e. The lowest BCUT2D eigenvalue weighted by Gasteiger charge is -2.09. The normalized spacial score (nSPS) is 16.0. The van der Waals surface area contributed by atoms with E-state index in [4.69, 9.17) is 5.73 Å². The van der Waals surface area contributed by atoms with Crippen LogP contribution in [0.1, 0.15) is 23.8 Å². The minimum Gasteiger partial charge on any atom is -0.391 e. The van der Waals surface area contributed by atoms with Crippen molar-refractivity contribution in [1.29, 1.82) is 0 Å². The number of hydrogen-bond donors (Lipinski definition) is 2. The van der Waals surface area contributed by atoms with E-state index < -0.39 is 12.1 Å². The van der Waals surface area contributed by atoms with Crippen molar-refractivity contribution < 1.29 is 5.11 Å². The van der Waals surface area contributed by atoms with Crippen molar-refractivity contribution in [2.75, 3.05) is 0 Å². The zero-order chi connectivity index (χ0) is 10.3. The first-order valence-electron chi connectivity index (χ1n) is 4.22. The average Bonchev–Trinajstić information content (AvgIpc) is 2.67. The molecule has 7 heteroatoms. The topological polar surface area (TPSA) is 89.3 Å². The quantitative estimate of drug-likeness (QED) is 0.725. The van der Waals surface area contributed by atoms with E-state index in [1.54, 1.807) is 11.4 Å². The predicted molar refractivity (Wildman–Crippen MR) is 52.0 cm³/mol. The second-order valence-corrected chi connectivity index (χ2v) is 4.14. The minimum atomic E-state index is -0.612. The molecule has 2 rings (SSSR count). The van der Waals surface area contributed by atoms with E-state index in [1.165, 1.54) is 11.3 Å². The van der Waals surface area contributed by atoms with Gasteiger partial charge < -0.3 is 10.8 Å². The lowest BCUT2D eigenvalue weighted by Crippen LogP contribution is -2.23. The summed E-state index contributed by atoms with van der Waals surface area (Å²) in [5.41, 5.74) is 5.75. The molecule has 14 heavy (non-hydrogen) atoms. The van der Waals surface area contributed by atoms with Crippen LogP contribution in [-0.4, -0.2) is 31.0 Å². The molecule has 2 aromatic rings. The molecule has 0 aromatic carbocycles. The number of fused-ring (bicyclic) bond motifs is 1. The number of aryl methyl sites for hydroxylation is 1. The third-order valence-electron chi connectivity index (χ3n) is 1.97. The molecule has 0 spiro atoms. The van der Waals surface area contributed by atoms with Gasteiger partial charge in [0.25, 0.3) is 0 Å². The first-order chi connectivity index (χ1) is 6.59. The summed E-state index contributed by atoms with van der Waals surface area (Å²) < 4.78 is 1.63. The average molecular weight is 213 g/mol. The Labute approximate surface area is 84.4 Å². The third kappa shape index (κ3) is 1.39. The van der Waals surface area contributed by atoms with Gasteiger partial charge in [0.15, 0.2) is 5.82 Å². The highest BCUT2D eigenvalue weighted by Crippen LogP contribution is 2.20. The van der Waals surface area contributed by atoms with Crippen molar-refractivity contribution in [3.8, 4) is 0 Å². The van der Waals surface area contributed by atoms with E-state index in [2.05, 4.69) is 15.3 Å². The van der Waals surface area contributed by atoms with Gasteiger partial charge in [-0.05, 0) is 13.8 Å². The number of nitrogens with two attached hydrogens (primary N) is 1. The van der Waals surface area contributed by atoms with Crippen LogP contribution in [0.3, 0.4) is 0 Å². The van der Waals surface area contributed by atoms with Gasteiger partial charge >= 0.3 is 0 Å². The summed E-state index contributed by atoms with van der Waals surface area (Å²) >= 11 is 1.35. The van der Waals surface area contributed by atoms with Crippen LogP contribution in [0.15, 0.2) is 0 Å². The summed E-state index contributed by atoms with van der Waals surface area (Å²) in [5, 5.41) is 22.0. The zero-order valence-corrected chi connectivity index (χ0v) is 8.69. The first-order valence-corrected chi connectivity index (χ1v) is 5.03. The van der Waals surface area contributed by atoms with E-state index in [1.807, 2.05) is 6.92 Å². The molecular weight excluding hydrogens is 202 g/mol. The molecule has 2 unspecified atom stereocenters. The Morgan fingerprint density at radius 3 is 2.79 bits per heavy atom. The molecular formula is C7H11N5OS. The molecule has 2 aromatic heterocycles. The Morgan fingerprint density at radius 2 is 2.21 bits per heavy atom. The van der Waals surface area contributed by atoms with Gasteiger partial charge in [-0.25, -0.2) is 0 Å². The molecule has 0 fully saturated rings. The molecule has 6 nitrogen and oxygen atoms in total. The van der Waals surface area contributed by atoms with Crippen LogP contribution in [0.2, 0.25) is 0 Å². The number of aromatic nitrogens is 4. The molecule has 3 N–H and O–H groups in total. The van der Waals surface area contributed by atoms with E-state index in [0.717, 1.165) is 5.82 Å². The molecule has 0 saturated heterocycles. The van der Waals surface area contributed by atoms with Crippen molar-refractivity contribution in [3.63, 3.8) is 0 Å². The summed E-state index contributed by atoms with van der Waals surface area (Å²) in [6.07, 6.45) is -0.612. The van der Waals surface area contributed by atoms with E-state index in [0.29, 0.717) is 9.97 Å². The van der Waals surface area contributed by atoms with Crippen molar-refractivity contribution in [3.05, 3.63) is 10.8 Å². The van der Waals surface area contributed by atoms with Gasteiger partial charge in [-0.1, -0.05) is 11.3 Å². The monoisotopic (exact) mass is 213 g/mol. The minimum absolute atomic E-state index is 0.457. The molecule has 0 aliphatic heterocycles. The molecule has 0 saturated carbocycles. The van der Waals surface area contributed by atoms with Crippen LogP contribution < -0.4 is 5.73 Å². The van der Waals surface area contributed by atoms with Crippen LogP contribution in [0, 0.1) is 6.92 Å². The fourth-order valence-corrected chi connectivity index (χ4v) is 2.05. The van der Waals surface area contributed by atoms with Gasteiger partial charge in [-0.2, -0.15) is 9.61 Å². The third-order valence-corrected chi connectivity index (χ3v) is 2.97. The maximum absolute atomic E-state index is 9.30. The summed E-state index contributed by atoms with van der Waals surface area (Å²) in [6.45, 7) is 3.46. The van der Waals surface area contributed by atoms with Crippen molar-refractivity contribution in [2.24, 2.45) is 5.73 Å². The predicted octanol–water partition coefficient (Wildman–Crippen LogP) is -0.125. The summed E-state index contributed by atoms with van der Waals surface area (Å²) in [7, 11) is 0. The number of aliphatic hydroxyl groups excluding tert-OH is 1. The number of rotatable bonds is 2. The van der Waals surface area contributed by atoms with Crippen LogP contribution in [-0.2, 0) is 0 Å². The Balaban J connectivity index is 2.45. The number of aliphatic hydroxyl groups is 1. The largest absolute Gasteiger partial charge is 0.391 e. The van der Waals surface area contributed by atoms with Gasteiger partial charge in [0.2, 0.25) is 4.96 Å². The molecule has 76 valence electrons. The second kappa shape index (κ2) is 3.26. The lowest BCUT2D eigenvalue weighted by molar-refractivity contribution is 0.163. The Bertz CT molecular complexity index is 448. The van der Waals surface area contributed by atoms with Crippen LogP contribution in [0.4, 0.5) is 0 Å². The van der Waals surface area contributed by atoms with E-state index in [9.17, 15) is 5.11 Å². The first kappa shape index (κ1) is 9.50. The van der Waals surface area contributed by atoms with Crippen LogP contribution in [0.25, 0.3) is 4.96 Å². The highest BCUT2D eigenvalue weighted by molar-refractivity contribution is 7.16. The molecule has 0 bridgehead atoms. The summed E-state index contributed by atoms with van der Waals surface area (Å²) in [4.78, 5) is 0.702. The standard InChI is InChI=1S/C7H11N5OS/c1-3(13)5(8)6-11-12-4(2)9-10-7(12)14-6/h3,5,13H,8H2,1-2H3. The number of hydrogen-bond acceptors (Lipinski definition) is 6. The van der Waals surface area contributed by atoms with Crippen molar-refractivity contribution in [2.45, 2.75) is 26.0 Å². The Morgan fingerprint density at radius 1 is 1.50 bits per heavy atom. The molecule has 0 radical (unpaired) electrons. The molecule has 2 atom stereocenters. The number of nitrogens with zero attached hydrogens (tertiary/aromatic N) is 4.